The smallest absolute Gasteiger partial charge is 0.337 e. The highest BCUT2D eigenvalue weighted by Gasteiger charge is 2.23. The van der Waals surface area contributed by atoms with Gasteiger partial charge in [-0.05, 0) is 75.9 Å². The number of methoxy groups -OCH3 is 2. The van der Waals surface area contributed by atoms with Crippen molar-refractivity contribution in [2.45, 2.75) is 52.6 Å². The van der Waals surface area contributed by atoms with E-state index in [4.69, 9.17) is 9.47 Å². The molecule has 0 bridgehead atoms. The van der Waals surface area contributed by atoms with Crippen LogP contribution < -0.4 is 4.74 Å². The Balaban J connectivity index is 2.31. The summed E-state index contributed by atoms with van der Waals surface area (Å²) in [7, 11) is 2.97. The fraction of sp³-hybridized carbons (Fsp3) is 0.417. The second-order valence-corrected chi connectivity index (χ2v) is 7.58. The van der Waals surface area contributed by atoms with Gasteiger partial charge in [-0.1, -0.05) is 18.2 Å². The number of amides is 1. The number of rotatable bonds is 8. The third-order valence-corrected chi connectivity index (χ3v) is 4.96. The van der Waals surface area contributed by atoms with Gasteiger partial charge in [-0.3, -0.25) is 4.79 Å². The van der Waals surface area contributed by atoms with Crippen LogP contribution in [0.25, 0.3) is 0 Å². The lowest BCUT2D eigenvalue weighted by molar-refractivity contribution is 0.0598. The van der Waals surface area contributed by atoms with Gasteiger partial charge in [0.15, 0.2) is 0 Å². The monoisotopic (exact) mass is 397 g/mol. The molecule has 0 aliphatic carbocycles. The zero-order valence-corrected chi connectivity index (χ0v) is 18.2. The molecule has 1 amide bonds. The van der Waals surface area contributed by atoms with E-state index in [1.165, 1.54) is 7.11 Å². The van der Waals surface area contributed by atoms with Crippen LogP contribution in [0.1, 0.15) is 59.5 Å². The van der Waals surface area contributed by atoms with Gasteiger partial charge in [0.1, 0.15) is 5.75 Å². The van der Waals surface area contributed by atoms with E-state index in [1.54, 1.807) is 25.3 Å². The van der Waals surface area contributed by atoms with Gasteiger partial charge in [0.2, 0.25) is 0 Å². The molecule has 0 fully saturated rings. The summed E-state index contributed by atoms with van der Waals surface area (Å²) >= 11 is 0. The third-order valence-electron chi connectivity index (χ3n) is 4.96. The Labute approximate surface area is 173 Å². The number of benzene rings is 2. The average Bonchev–Trinajstić information content (AvgIpc) is 2.71. The van der Waals surface area contributed by atoms with Crippen molar-refractivity contribution in [1.29, 1.82) is 0 Å². The molecule has 0 aliphatic rings. The predicted molar refractivity (Wildman–Crippen MR) is 115 cm³/mol. The Morgan fingerprint density at radius 1 is 0.897 bits per heavy atom. The number of esters is 1. The summed E-state index contributed by atoms with van der Waals surface area (Å²) < 4.78 is 10.3. The van der Waals surface area contributed by atoms with Crippen LogP contribution in [0.3, 0.4) is 0 Å². The van der Waals surface area contributed by atoms with E-state index in [-0.39, 0.29) is 24.0 Å². The molecule has 0 atom stereocenters. The van der Waals surface area contributed by atoms with Gasteiger partial charge in [0, 0.05) is 17.6 Å². The van der Waals surface area contributed by atoms with Crippen molar-refractivity contribution in [2.24, 2.45) is 0 Å². The van der Waals surface area contributed by atoms with E-state index < -0.39 is 0 Å². The first-order valence-electron chi connectivity index (χ1n) is 9.95. The van der Waals surface area contributed by atoms with Crippen LogP contribution in [0.4, 0.5) is 0 Å². The summed E-state index contributed by atoms with van der Waals surface area (Å²) in [5.41, 5.74) is 3.09. The molecule has 2 rings (SSSR count). The lowest BCUT2D eigenvalue weighted by Crippen LogP contribution is -2.42. The fourth-order valence-electron chi connectivity index (χ4n) is 3.64. The topological polar surface area (TPSA) is 55.8 Å². The molecule has 5 heteroatoms. The molecule has 0 spiro atoms. The summed E-state index contributed by atoms with van der Waals surface area (Å²) in [4.78, 5) is 27.0. The Bertz CT molecular complexity index is 850. The molecular weight excluding hydrogens is 366 g/mol. The summed E-state index contributed by atoms with van der Waals surface area (Å²) in [6.07, 6.45) is 1.30. The molecular formula is C24H31NO4. The van der Waals surface area contributed by atoms with Crippen LogP contribution in [0.5, 0.6) is 5.75 Å². The summed E-state index contributed by atoms with van der Waals surface area (Å²) in [6, 6.07) is 13.2. The van der Waals surface area contributed by atoms with Gasteiger partial charge in [-0.25, -0.2) is 4.79 Å². The minimum absolute atomic E-state index is 0.0425. The van der Waals surface area contributed by atoms with Gasteiger partial charge >= 0.3 is 5.97 Å². The molecule has 0 aliphatic heterocycles. The quantitative estimate of drug-likeness (QED) is 0.614. The normalized spacial score (nSPS) is 10.9. The van der Waals surface area contributed by atoms with E-state index >= 15 is 0 Å². The van der Waals surface area contributed by atoms with E-state index in [9.17, 15) is 9.59 Å². The zero-order chi connectivity index (χ0) is 21.6. The van der Waals surface area contributed by atoms with Crippen LogP contribution in [0.15, 0.2) is 42.5 Å². The summed E-state index contributed by atoms with van der Waals surface area (Å²) in [5.74, 6) is 0.377. The number of ether oxygens (including phenoxy) is 2. The van der Waals surface area contributed by atoms with Crippen molar-refractivity contribution in [3.8, 4) is 5.75 Å². The Morgan fingerprint density at radius 3 is 2.10 bits per heavy atom. The fourth-order valence-corrected chi connectivity index (χ4v) is 3.64. The second-order valence-electron chi connectivity index (χ2n) is 7.58. The molecule has 0 saturated carbocycles. The Kier molecular flexibility index (Phi) is 7.82. The SMILES string of the molecule is COC(=O)c1ccc(OC)c(CCc2ccccc2C(=O)N(C(C)C)C(C)C)c1. The number of hydrogen-bond acceptors (Lipinski definition) is 4. The first-order valence-corrected chi connectivity index (χ1v) is 9.95. The zero-order valence-electron chi connectivity index (χ0n) is 18.2. The molecule has 0 N–H and O–H groups in total. The van der Waals surface area contributed by atoms with Crippen LogP contribution in [0.2, 0.25) is 0 Å². The van der Waals surface area contributed by atoms with Crippen molar-refractivity contribution in [1.82, 2.24) is 4.90 Å². The van der Waals surface area contributed by atoms with Crippen LogP contribution in [-0.4, -0.2) is 43.1 Å². The molecule has 156 valence electrons. The first-order chi connectivity index (χ1) is 13.8. The van der Waals surface area contributed by atoms with E-state index in [1.807, 2.05) is 56.9 Å². The van der Waals surface area contributed by atoms with Gasteiger partial charge < -0.3 is 14.4 Å². The van der Waals surface area contributed by atoms with Gasteiger partial charge in [0.25, 0.3) is 5.91 Å². The highest BCUT2D eigenvalue weighted by Crippen LogP contribution is 2.24. The number of nitrogens with zero attached hydrogens (tertiary/aromatic N) is 1. The molecule has 5 nitrogen and oxygen atoms in total. The number of carbonyl (C=O) groups excluding carboxylic acids is 2. The first kappa shape index (κ1) is 22.5. The number of aryl methyl sites for hydroxylation is 2. The average molecular weight is 398 g/mol. The Hall–Kier alpha value is -2.82. The third kappa shape index (κ3) is 5.37. The van der Waals surface area contributed by atoms with E-state index in [0.717, 1.165) is 16.7 Å². The molecule has 0 aromatic heterocycles. The van der Waals surface area contributed by atoms with Gasteiger partial charge in [0.05, 0.1) is 19.8 Å². The van der Waals surface area contributed by atoms with E-state index in [2.05, 4.69) is 0 Å². The van der Waals surface area contributed by atoms with Gasteiger partial charge in [-0.15, -0.1) is 0 Å². The maximum Gasteiger partial charge on any atom is 0.337 e. The molecule has 0 radical (unpaired) electrons. The summed E-state index contributed by atoms with van der Waals surface area (Å²) in [6.45, 7) is 8.13. The van der Waals surface area contributed by atoms with Crippen LogP contribution in [-0.2, 0) is 17.6 Å². The van der Waals surface area contributed by atoms with Crippen LogP contribution >= 0.6 is 0 Å². The minimum atomic E-state index is -0.381. The minimum Gasteiger partial charge on any atom is -0.496 e. The molecule has 2 aromatic rings. The highest BCUT2D eigenvalue weighted by atomic mass is 16.5. The molecule has 2 aromatic carbocycles. The standard InChI is InChI=1S/C24H31NO4/c1-16(2)25(17(3)4)23(26)21-10-8-7-9-18(21)11-12-19-15-20(24(27)29-6)13-14-22(19)28-5/h7-10,13-17H,11-12H2,1-6H3. The van der Waals surface area contributed by atoms with Crippen molar-refractivity contribution >= 4 is 11.9 Å². The van der Waals surface area contributed by atoms with Crippen molar-refractivity contribution in [3.63, 3.8) is 0 Å². The van der Waals surface area contributed by atoms with Crippen molar-refractivity contribution in [2.75, 3.05) is 14.2 Å². The molecule has 0 heterocycles. The lowest BCUT2D eigenvalue weighted by Gasteiger charge is -2.31. The van der Waals surface area contributed by atoms with Crippen molar-refractivity contribution < 1.29 is 19.1 Å². The number of hydrogen-bond donors (Lipinski definition) is 0. The van der Waals surface area contributed by atoms with E-state index in [0.29, 0.717) is 24.2 Å². The number of carbonyl (C=O) groups is 2. The largest absolute Gasteiger partial charge is 0.496 e. The van der Waals surface area contributed by atoms with Gasteiger partial charge in [-0.2, -0.15) is 0 Å². The maximum absolute atomic E-state index is 13.2. The summed E-state index contributed by atoms with van der Waals surface area (Å²) in [5, 5.41) is 0. The lowest BCUT2D eigenvalue weighted by atomic mass is 9.97. The highest BCUT2D eigenvalue weighted by molar-refractivity contribution is 5.96. The molecule has 0 unspecified atom stereocenters. The van der Waals surface area contributed by atoms with Crippen molar-refractivity contribution in [3.05, 3.63) is 64.7 Å². The van der Waals surface area contributed by atoms with Crippen LogP contribution in [0, 0.1) is 0 Å². The second kappa shape index (κ2) is 10.1. The maximum atomic E-state index is 13.2. The predicted octanol–water partition coefficient (Wildman–Crippen LogP) is 4.53. The molecule has 0 saturated heterocycles. The molecule has 29 heavy (non-hydrogen) atoms. The Morgan fingerprint density at radius 2 is 1.52 bits per heavy atom.